The van der Waals surface area contributed by atoms with E-state index in [9.17, 15) is 14.4 Å². The molecule has 3 amide bonds. The third kappa shape index (κ3) is 6.30. The number of nitrogens with zero attached hydrogens (tertiary/aromatic N) is 1. The van der Waals surface area contributed by atoms with E-state index in [1.165, 1.54) is 20.5 Å². The molecule has 194 valence electrons. The van der Waals surface area contributed by atoms with Crippen LogP contribution in [-0.4, -0.2) is 56.0 Å². The van der Waals surface area contributed by atoms with Crippen LogP contribution in [0.25, 0.3) is 0 Å². The summed E-state index contributed by atoms with van der Waals surface area (Å²) in [4.78, 5) is 41.2. The average molecular weight is 506 g/mol. The topological polar surface area (TPSA) is 110 Å². The van der Waals surface area contributed by atoms with Crippen molar-refractivity contribution in [1.29, 1.82) is 0 Å². The van der Waals surface area contributed by atoms with Crippen molar-refractivity contribution in [1.82, 2.24) is 15.5 Å². The lowest BCUT2D eigenvalue weighted by molar-refractivity contribution is -0.124. The van der Waals surface area contributed by atoms with Gasteiger partial charge < -0.3 is 29.4 Å². The highest BCUT2D eigenvalue weighted by Crippen LogP contribution is 2.26. The molecule has 9 heteroatoms. The molecule has 1 aromatic heterocycles. The van der Waals surface area contributed by atoms with Crippen LogP contribution in [-0.2, 0) is 11.3 Å². The number of hydrogen-bond acceptors (Lipinski definition) is 6. The zero-order valence-electron chi connectivity index (χ0n) is 20.9. The predicted molar refractivity (Wildman–Crippen MR) is 136 cm³/mol. The van der Waals surface area contributed by atoms with E-state index in [2.05, 4.69) is 10.6 Å². The average Bonchev–Trinajstić information content (AvgIpc) is 3.48. The Bertz CT molecular complexity index is 1220. The van der Waals surface area contributed by atoms with Crippen molar-refractivity contribution in [3.63, 3.8) is 0 Å². The molecule has 37 heavy (non-hydrogen) atoms. The normalized spacial score (nSPS) is 14.5. The van der Waals surface area contributed by atoms with E-state index in [-0.39, 0.29) is 30.2 Å². The third-order valence-corrected chi connectivity index (χ3v) is 6.55. The molecule has 9 nitrogen and oxygen atoms in total. The van der Waals surface area contributed by atoms with E-state index in [0.717, 1.165) is 0 Å². The number of furan rings is 1. The number of amides is 3. The number of nitrogens with one attached hydrogen (secondary N) is 2. The van der Waals surface area contributed by atoms with Gasteiger partial charge in [-0.2, -0.15) is 0 Å². The zero-order chi connectivity index (χ0) is 26.2. The summed E-state index contributed by atoms with van der Waals surface area (Å²) in [7, 11) is 3.07. The van der Waals surface area contributed by atoms with Gasteiger partial charge in [0.2, 0.25) is 5.91 Å². The minimum absolute atomic E-state index is 0.116. The minimum Gasteiger partial charge on any atom is -0.497 e. The van der Waals surface area contributed by atoms with Crippen molar-refractivity contribution in [2.24, 2.45) is 5.92 Å². The van der Waals surface area contributed by atoms with Gasteiger partial charge in [-0.25, -0.2) is 0 Å². The molecule has 2 heterocycles. The van der Waals surface area contributed by atoms with Crippen LogP contribution in [0.4, 0.5) is 0 Å². The van der Waals surface area contributed by atoms with Crippen LogP contribution in [0.2, 0.25) is 0 Å². The van der Waals surface area contributed by atoms with Gasteiger partial charge in [-0.05, 0) is 61.2 Å². The van der Waals surface area contributed by atoms with Gasteiger partial charge >= 0.3 is 0 Å². The zero-order valence-corrected chi connectivity index (χ0v) is 20.9. The highest BCUT2D eigenvalue weighted by Gasteiger charge is 2.34. The molecule has 4 rings (SSSR count). The van der Waals surface area contributed by atoms with Gasteiger partial charge in [-0.3, -0.25) is 14.4 Å². The van der Waals surface area contributed by atoms with Crippen LogP contribution >= 0.6 is 0 Å². The Balaban J connectivity index is 1.46. The highest BCUT2D eigenvalue weighted by molar-refractivity contribution is 5.98. The monoisotopic (exact) mass is 505 g/mol. The molecular weight excluding hydrogens is 474 g/mol. The summed E-state index contributed by atoms with van der Waals surface area (Å²) in [5.74, 6) is 0.739. The lowest BCUT2D eigenvalue weighted by Crippen LogP contribution is -2.53. The first-order valence-electron chi connectivity index (χ1n) is 12.2. The van der Waals surface area contributed by atoms with Crippen molar-refractivity contribution in [2.75, 3.05) is 27.3 Å². The number of hydrogen-bond donors (Lipinski definition) is 2. The number of carbonyl (C=O) groups is 3. The molecule has 0 aliphatic carbocycles. The van der Waals surface area contributed by atoms with Gasteiger partial charge in [0.05, 0.1) is 32.6 Å². The summed E-state index contributed by atoms with van der Waals surface area (Å²) in [5.41, 5.74) is 0.898. The molecule has 3 aromatic rings. The van der Waals surface area contributed by atoms with E-state index in [1.807, 2.05) is 6.07 Å². The molecule has 1 saturated heterocycles. The number of benzene rings is 2. The second-order valence-corrected chi connectivity index (χ2v) is 8.81. The summed E-state index contributed by atoms with van der Waals surface area (Å²) in [6.45, 7) is 1.12. The third-order valence-electron chi connectivity index (χ3n) is 6.55. The maximum absolute atomic E-state index is 13.3. The summed E-state index contributed by atoms with van der Waals surface area (Å²) >= 11 is 0. The fourth-order valence-electron chi connectivity index (χ4n) is 4.51. The molecule has 1 aliphatic rings. The second kappa shape index (κ2) is 12.1. The maximum Gasteiger partial charge on any atom is 0.257 e. The van der Waals surface area contributed by atoms with Crippen molar-refractivity contribution in [3.05, 3.63) is 83.8 Å². The SMILES string of the molecule is COc1cccc(C(=O)N[C@@H](C(=O)NCc2ccco2)C2CCN(C(=O)c3ccccc3OC)CC2)c1. The number of methoxy groups -OCH3 is 2. The Morgan fingerprint density at radius 3 is 2.49 bits per heavy atom. The lowest BCUT2D eigenvalue weighted by Gasteiger charge is -2.36. The molecule has 1 atom stereocenters. The lowest BCUT2D eigenvalue weighted by atomic mass is 9.88. The van der Waals surface area contributed by atoms with Crippen LogP contribution in [0.3, 0.4) is 0 Å². The first-order chi connectivity index (χ1) is 18.0. The summed E-state index contributed by atoms with van der Waals surface area (Å²) in [6, 6.07) is 16.6. The first-order valence-corrected chi connectivity index (χ1v) is 12.2. The molecule has 1 aliphatic heterocycles. The van der Waals surface area contributed by atoms with Crippen molar-refractivity contribution >= 4 is 17.7 Å². The van der Waals surface area contributed by atoms with Crippen molar-refractivity contribution < 1.29 is 28.3 Å². The number of ether oxygens (including phenoxy) is 2. The Kier molecular flexibility index (Phi) is 8.45. The van der Waals surface area contributed by atoms with E-state index >= 15 is 0 Å². The van der Waals surface area contributed by atoms with Crippen LogP contribution in [0.5, 0.6) is 11.5 Å². The molecule has 2 N–H and O–H groups in total. The molecule has 0 saturated carbocycles. The molecule has 0 unspecified atom stereocenters. The number of rotatable bonds is 9. The Morgan fingerprint density at radius 1 is 1.00 bits per heavy atom. The fraction of sp³-hybridized carbons (Fsp3) is 0.321. The molecule has 0 spiro atoms. The summed E-state index contributed by atoms with van der Waals surface area (Å²) < 4.78 is 15.9. The van der Waals surface area contributed by atoms with Gasteiger partial charge in [0, 0.05) is 18.7 Å². The number of piperidine rings is 1. The van der Waals surface area contributed by atoms with Crippen molar-refractivity contribution in [3.8, 4) is 11.5 Å². The molecule has 2 aromatic carbocycles. The predicted octanol–water partition coefficient (Wildman–Crippen LogP) is 3.26. The summed E-state index contributed by atoms with van der Waals surface area (Å²) in [6.07, 6.45) is 2.65. The van der Waals surface area contributed by atoms with Gasteiger partial charge in [-0.1, -0.05) is 18.2 Å². The van der Waals surface area contributed by atoms with E-state index in [0.29, 0.717) is 54.3 Å². The molecule has 0 radical (unpaired) electrons. The molecule has 1 fully saturated rings. The fourth-order valence-corrected chi connectivity index (χ4v) is 4.51. The van der Waals surface area contributed by atoms with E-state index < -0.39 is 6.04 Å². The van der Waals surface area contributed by atoms with Crippen LogP contribution < -0.4 is 20.1 Å². The Hall–Kier alpha value is -4.27. The Labute approximate surface area is 215 Å². The van der Waals surface area contributed by atoms with Gasteiger partial charge in [0.15, 0.2) is 0 Å². The number of para-hydroxylation sites is 1. The maximum atomic E-state index is 13.3. The van der Waals surface area contributed by atoms with Crippen molar-refractivity contribution in [2.45, 2.75) is 25.4 Å². The van der Waals surface area contributed by atoms with Gasteiger partial charge in [-0.15, -0.1) is 0 Å². The first kappa shape index (κ1) is 25.8. The number of likely N-dealkylation sites (tertiary alicyclic amines) is 1. The summed E-state index contributed by atoms with van der Waals surface area (Å²) in [5, 5.41) is 5.79. The molecule has 0 bridgehead atoms. The van der Waals surface area contributed by atoms with E-state index in [1.54, 1.807) is 59.5 Å². The largest absolute Gasteiger partial charge is 0.497 e. The smallest absolute Gasteiger partial charge is 0.257 e. The highest BCUT2D eigenvalue weighted by atomic mass is 16.5. The van der Waals surface area contributed by atoms with E-state index in [4.69, 9.17) is 13.9 Å². The Morgan fingerprint density at radius 2 is 1.78 bits per heavy atom. The van der Waals surface area contributed by atoms with Gasteiger partial charge in [0.25, 0.3) is 11.8 Å². The molecular formula is C28H31N3O6. The number of carbonyl (C=O) groups excluding carboxylic acids is 3. The van der Waals surface area contributed by atoms with Crippen LogP contribution in [0.15, 0.2) is 71.3 Å². The van der Waals surface area contributed by atoms with Crippen LogP contribution in [0, 0.1) is 5.92 Å². The standard InChI is InChI=1S/C28H31N3O6/c1-35-21-8-5-7-20(17-21)26(32)30-25(27(33)29-18-22-9-6-16-37-22)19-12-14-31(15-13-19)28(34)23-10-3-4-11-24(23)36-2/h3-11,16-17,19,25H,12-15,18H2,1-2H3,(H,29,33)(H,30,32)/t25-/m1/s1. The van der Waals surface area contributed by atoms with Gasteiger partial charge in [0.1, 0.15) is 23.3 Å². The minimum atomic E-state index is -0.780. The van der Waals surface area contributed by atoms with Crippen LogP contribution in [0.1, 0.15) is 39.3 Å². The quantitative estimate of drug-likeness (QED) is 0.462. The second-order valence-electron chi connectivity index (χ2n) is 8.81.